The number of quaternary nitrogens is 1. The molecule has 0 spiro atoms. The average molecular weight is 597 g/mol. The largest absolute Gasteiger partial charge is 0.416 e. The van der Waals surface area contributed by atoms with Crippen LogP contribution in [-0.4, -0.2) is 69.5 Å². The van der Waals surface area contributed by atoms with Gasteiger partial charge >= 0.3 is 12.4 Å². The maximum Gasteiger partial charge on any atom is 0.416 e. The molecule has 13 heteroatoms. The Morgan fingerprint density at radius 3 is 2.32 bits per heavy atom. The normalized spacial score (nSPS) is 22.6. The van der Waals surface area contributed by atoms with Gasteiger partial charge in [-0.2, -0.15) is 36.4 Å². The number of carbonyl (C=O) groups excluding carboxylic acids is 1. The summed E-state index contributed by atoms with van der Waals surface area (Å²) in [5, 5.41) is 5.45. The van der Waals surface area contributed by atoms with Crippen LogP contribution in [0.3, 0.4) is 0 Å². The Morgan fingerprint density at radius 2 is 1.68 bits per heavy atom. The van der Waals surface area contributed by atoms with E-state index in [1.807, 2.05) is 0 Å². The molecular formula is C28H28F6N5OS+. The number of hydrogen-bond donors (Lipinski definition) is 0. The monoisotopic (exact) mass is 596 g/mol. The number of hydrogen-bond acceptors (Lipinski definition) is 4. The molecule has 5 rings (SSSR count). The van der Waals surface area contributed by atoms with Crippen LogP contribution in [-0.2, 0) is 23.7 Å². The second-order valence-electron chi connectivity index (χ2n) is 11.0. The summed E-state index contributed by atoms with van der Waals surface area (Å²) in [5.74, 6) is -0.331. The zero-order chi connectivity index (χ0) is 29.9. The van der Waals surface area contributed by atoms with E-state index in [1.165, 1.54) is 22.6 Å². The number of aromatic nitrogens is 2. The summed E-state index contributed by atoms with van der Waals surface area (Å²) >= 11 is 1.32. The smallest absolute Gasteiger partial charge is 0.339 e. The molecule has 0 radical (unpaired) electrons. The van der Waals surface area contributed by atoms with Crippen molar-refractivity contribution in [2.45, 2.75) is 44.8 Å². The van der Waals surface area contributed by atoms with Crippen molar-refractivity contribution in [1.29, 1.82) is 0 Å². The minimum atomic E-state index is -4.97. The van der Waals surface area contributed by atoms with Crippen molar-refractivity contribution in [1.82, 2.24) is 14.7 Å². The molecule has 0 bridgehead atoms. The zero-order valence-corrected chi connectivity index (χ0v) is 23.5. The molecule has 1 amide bonds. The summed E-state index contributed by atoms with van der Waals surface area (Å²) in [5.41, 5.74) is -1.87. The lowest BCUT2D eigenvalue weighted by Crippen LogP contribution is -2.65. The van der Waals surface area contributed by atoms with Crippen LogP contribution in [0, 0.1) is 0 Å². The first-order chi connectivity index (χ1) is 19.0. The molecule has 0 aliphatic carbocycles. The molecule has 0 N–H and O–H groups in total. The minimum Gasteiger partial charge on any atom is -0.339 e. The van der Waals surface area contributed by atoms with Crippen LogP contribution in [0.1, 0.15) is 36.1 Å². The van der Waals surface area contributed by atoms with Gasteiger partial charge in [-0.1, -0.05) is 12.1 Å². The minimum absolute atomic E-state index is 0.128. The van der Waals surface area contributed by atoms with Crippen LogP contribution < -0.4 is 0 Å². The van der Waals surface area contributed by atoms with Gasteiger partial charge in [-0.05, 0) is 67.1 Å². The van der Waals surface area contributed by atoms with Crippen molar-refractivity contribution in [2.75, 3.05) is 27.2 Å². The standard InChI is InChI=1S/C28H28F6N5OS/c1-16-13-37(14-17(2)39(16,3)4)26-36-25(40)24(41-26)10-18-5-8-23-20(9-18)12-35-38(23)15-19-6-7-21(27(29,30)31)11-22(19)28(32,33)34/h5-12,16-17H,13-15H2,1-4H3/q+1/b24-10+/t16-,17+. The van der Waals surface area contributed by atoms with Gasteiger partial charge in [0.05, 0.1) is 61.5 Å². The first-order valence-electron chi connectivity index (χ1n) is 12.9. The number of nitrogens with zero attached hydrogens (tertiary/aromatic N) is 5. The Labute approximate surface area is 236 Å². The van der Waals surface area contributed by atoms with Crippen LogP contribution in [0.25, 0.3) is 17.0 Å². The summed E-state index contributed by atoms with van der Waals surface area (Å²) < 4.78 is 82.1. The number of halogens is 6. The highest BCUT2D eigenvalue weighted by molar-refractivity contribution is 8.18. The number of amidine groups is 1. The summed E-state index contributed by atoms with van der Waals surface area (Å²) in [7, 11) is 4.40. The van der Waals surface area contributed by atoms with Crippen LogP contribution in [0.2, 0.25) is 0 Å². The van der Waals surface area contributed by atoms with Crippen molar-refractivity contribution in [3.05, 3.63) is 69.8 Å². The first kappa shape index (κ1) is 29.2. The Hall–Kier alpha value is -3.32. The lowest BCUT2D eigenvalue weighted by molar-refractivity contribution is -0.939. The highest BCUT2D eigenvalue weighted by atomic mass is 32.2. The van der Waals surface area contributed by atoms with E-state index in [2.05, 4.69) is 42.9 Å². The fourth-order valence-electron chi connectivity index (χ4n) is 5.05. The quantitative estimate of drug-likeness (QED) is 0.204. The topological polar surface area (TPSA) is 50.5 Å². The van der Waals surface area contributed by atoms with E-state index in [1.54, 1.807) is 24.3 Å². The zero-order valence-electron chi connectivity index (χ0n) is 22.7. The van der Waals surface area contributed by atoms with E-state index in [9.17, 15) is 31.1 Å². The van der Waals surface area contributed by atoms with Crippen LogP contribution in [0.4, 0.5) is 26.3 Å². The predicted molar refractivity (Wildman–Crippen MR) is 146 cm³/mol. The van der Waals surface area contributed by atoms with E-state index in [0.29, 0.717) is 44.7 Å². The van der Waals surface area contributed by atoms with E-state index in [4.69, 9.17) is 0 Å². The van der Waals surface area contributed by atoms with Crippen molar-refractivity contribution in [3.8, 4) is 0 Å². The van der Waals surface area contributed by atoms with E-state index >= 15 is 0 Å². The van der Waals surface area contributed by atoms with Gasteiger partial charge in [-0.3, -0.25) is 9.48 Å². The molecule has 2 atom stereocenters. The summed E-state index contributed by atoms with van der Waals surface area (Å²) in [6.45, 7) is 5.55. The maximum absolute atomic E-state index is 13.6. The molecule has 3 heterocycles. The number of fused-ring (bicyclic) bond motifs is 1. The number of aliphatic imine (C=N–C) groups is 1. The molecule has 1 fully saturated rings. The third kappa shape index (κ3) is 5.74. The number of thioether (sulfide) groups is 1. The van der Waals surface area contributed by atoms with Gasteiger partial charge in [0.1, 0.15) is 12.1 Å². The van der Waals surface area contributed by atoms with Crippen molar-refractivity contribution < 1.29 is 35.6 Å². The highest BCUT2D eigenvalue weighted by Gasteiger charge is 2.41. The molecule has 0 saturated carbocycles. The molecule has 0 unspecified atom stereocenters. The van der Waals surface area contributed by atoms with Crippen molar-refractivity contribution in [3.63, 3.8) is 0 Å². The van der Waals surface area contributed by atoms with Gasteiger partial charge in [-0.25, -0.2) is 0 Å². The number of likely N-dealkylation sites (N-methyl/N-ethyl adjacent to an activating group) is 1. The summed E-state index contributed by atoms with van der Waals surface area (Å²) in [6, 6.07) is 7.44. The molecule has 2 aliphatic rings. The maximum atomic E-state index is 13.6. The molecule has 41 heavy (non-hydrogen) atoms. The molecule has 3 aromatic rings. The van der Waals surface area contributed by atoms with Gasteiger partial charge in [0.15, 0.2) is 5.17 Å². The Kier molecular flexibility index (Phi) is 7.26. The fourth-order valence-corrected chi connectivity index (χ4v) is 5.98. The van der Waals surface area contributed by atoms with E-state index in [0.717, 1.165) is 23.6 Å². The molecule has 2 aromatic carbocycles. The Morgan fingerprint density at radius 1 is 1.00 bits per heavy atom. The number of carbonyl (C=O) groups is 1. The molecule has 1 saturated heterocycles. The molecule has 1 aromatic heterocycles. The second kappa shape index (κ2) is 10.2. The predicted octanol–water partition coefficient (Wildman–Crippen LogP) is 6.26. The van der Waals surface area contributed by atoms with Gasteiger partial charge < -0.3 is 9.38 Å². The molecule has 218 valence electrons. The lowest BCUT2D eigenvalue weighted by Gasteiger charge is -2.49. The second-order valence-corrected chi connectivity index (χ2v) is 12.0. The number of piperazine rings is 1. The first-order valence-corrected chi connectivity index (χ1v) is 13.7. The van der Waals surface area contributed by atoms with E-state index in [-0.39, 0.29) is 24.1 Å². The van der Waals surface area contributed by atoms with Gasteiger partial charge in [0.2, 0.25) is 0 Å². The summed E-state index contributed by atoms with van der Waals surface area (Å²) in [6.07, 6.45) is -6.68. The molecular weight excluding hydrogens is 568 g/mol. The summed E-state index contributed by atoms with van der Waals surface area (Å²) in [4.78, 5) is 19.6. The third-order valence-corrected chi connectivity index (χ3v) is 9.19. The SMILES string of the molecule is C[C@@H]1CN(C2=NC(=O)/C(=C\c3ccc4c(cnn4Cc4ccc(C(F)(F)F)cc4C(F)(F)F)c3)S2)C[C@H](C)[N+]1(C)C. The van der Waals surface area contributed by atoms with Crippen molar-refractivity contribution >= 4 is 39.8 Å². The fraction of sp³-hybridized carbons (Fsp3) is 0.393. The Balaban J connectivity index is 1.36. The van der Waals surface area contributed by atoms with Crippen LogP contribution >= 0.6 is 11.8 Å². The van der Waals surface area contributed by atoms with Crippen LogP contribution in [0.15, 0.2) is 52.5 Å². The van der Waals surface area contributed by atoms with Crippen molar-refractivity contribution in [2.24, 2.45) is 4.99 Å². The average Bonchev–Trinajstić information content (AvgIpc) is 3.44. The third-order valence-electron chi connectivity index (χ3n) is 8.15. The van der Waals surface area contributed by atoms with Gasteiger partial charge in [0, 0.05) is 5.39 Å². The van der Waals surface area contributed by atoms with Gasteiger partial charge in [0.25, 0.3) is 5.91 Å². The highest BCUT2D eigenvalue weighted by Crippen LogP contribution is 2.38. The number of alkyl halides is 6. The van der Waals surface area contributed by atoms with Gasteiger partial charge in [-0.15, -0.1) is 0 Å². The number of amides is 1. The molecule has 2 aliphatic heterocycles. The Bertz CT molecular complexity index is 1560. The van der Waals surface area contributed by atoms with Crippen LogP contribution in [0.5, 0.6) is 0 Å². The lowest BCUT2D eigenvalue weighted by atomic mass is 10.0. The number of benzene rings is 2. The van der Waals surface area contributed by atoms with E-state index < -0.39 is 23.5 Å². The number of rotatable bonds is 3. The molecule has 6 nitrogen and oxygen atoms in total.